The molecule has 0 spiro atoms. The lowest BCUT2D eigenvalue weighted by molar-refractivity contribution is 0.0520. The second-order valence-electron chi connectivity index (χ2n) is 7.33. The van der Waals surface area contributed by atoms with Gasteiger partial charge in [0, 0.05) is 11.5 Å². The average Bonchev–Trinajstić information content (AvgIpc) is 2.92. The lowest BCUT2D eigenvalue weighted by Crippen LogP contribution is -2.20. The van der Waals surface area contributed by atoms with E-state index in [2.05, 4.69) is 112 Å². The van der Waals surface area contributed by atoms with Gasteiger partial charge in [-0.1, -0.05) is 107 Å². The van der Waals surface area contributed by atoms with Crippen LogP contribution >= 0.6 is 23.9 Å². The molecule has 0 aliphatic rings. The van der Waals surface area contributed by atoms with Crippen LogP contribution in [-0.4, -0.2) is 24.2 Å². The van der Waals surface area contributed by atoms with Gasteiger partial charge in [-0.15, -0.1) is 0 Å². The molecule has 0 N–H and O–H groups in total. The van der Waals surface area contributed by atoms with E-state index in [-0.39, 0.29) is 0 Å². The summed E-state index contributed by atoms with van der Waals surface area (Å²) in [5.41, 5.74) is 1.28. The van der Waals surface area contributed by atoms with Gasteiger partial charge in [0.25, 0.3) is 0 Å². The van der Waals surface area contributed by atoms with Crippen LogP contribution in [0.2, 0.25) is 0 Å². The summed E-state index contributed by atoms with van der Waals surface area (Å²) in [4.78, 5) is 15.7. The highest BCUT2D eigenvalue weighted by atomic mass is 79.9. The third-order valence-corrected chi connectivity index (χ3v) is 7.97. The van der Waals surface area contributed by atoms with Crippen molar-refractivity contribution in [2.45, 2.75) is 19.2 Å². The molecule has 0 unspecified atom stereocenters. The fraction of sp³-hybridized carbons (Fsp3) is 0.172. The maximum atomic E-state index is 11.7. The Morgan fingerprint density at radius 2 is 1.29 bits per heavy atom. The van der Waals surface area contributed by atoms with Gasteiger partial charge in [0.2, 0.25) is 5.88 Å². The predicted molar refractivity (Wildman–Crippen MR) is 149 cm³/mol. The molecule has 3 aromatic carbocycles. The lowest BCUT2D eigenvalue weighted by Gasteiger charge is -2.18. The Morgan fingerprint density at radius 1 is 0.800 bits per heavy atom. The molecular weight excluding hydrogens is 521 g/mol. The Labute approximate surface area is 217 Å². The van der Waals surface area contributed by atoms with Crippen molar-refractivity contribution in [3.63, 3.8) is 0 Å². The van der Waals surface area contributed by atoms with Crippen molar-refractivity contribution in [3.8, 4) is 5.88 Å². The number of carbonyl (C=O) groups is 1. The van der Waals surface area contributed by atoms with Crippen LogP contribution in [0.4, 0.5) is 0 Å². The van der Waals surface area contributed by atoms with Gasteiger partial charge in [0.05, 0.1) is 13.2 Å². The van der Waals surface area contributed by atoms with Gasteiger partial charge in [-0.05, 0) is 49.3 Å². The minimum atomic E-state index is -0.446. The van der Waals surface area contributed by atoms with Gasteiger partial charge >= 0.3 is 5.97 Å². The topological polar surface area (TPSA) is 48.4 Å². The zero-order valence-corrected chi connectivity index (χ0v) is 22.4. The zero-order chi connectivity index (χ0) is 24.9. The summed E-state index contributed by atoms with van der Waals surface area (Å²) in [6.45, 7) is 4.41. The van der Waals surface area contributed by atoms with Crippen molar-refractivity contribution in [1.29, 1.82) is 0 Å². The summed E-state index contributed by atoms with van der Waals surface area (Å²) in [6.07, 6.45) is 1.67. The van der Waals surface area contributed by atoms with Gasteiger partial charge < -0.3 is 9.47 Å². The SMILES string of the molecule is CCOC(=O)c1cc(CBr)cnc1OCC.c1ccc(P(c2ccccc2)c2ccccc2)cc1. The maximum Gasteiger partial charge on any atom is 0.343 e. The van der Waals surface area contributed by atoms with Crippen LogP contribution in [0.3, 0.4) is 0 Å². The molecule has 4 nitrogen and oxygen atoms in total. The largest absolute Gasteiger partial charge is 0.477 e. The van der Waals surface area contributed by atoms with Crippen LogP contribution in [0.15, 0.2) is 103 Å². The molecule has 180 valence electrons. The van der Waals surface area contributed by atoms with Crippen LogP contribution in [0.25, 0.3) is 0 Å². The normalized spacial score (nSPS) is 10.3. The number of ether oxygens (including phenoxy) is 2. The lowest BCUT2D eigenvalue weighted by atomic mass is 10.2. The quantitative estimate of drug-likeness (QED) is 0.154. The van der Waals surface area contributed by atoms with Crippen molar-refractivity contribution >= 4 is 45.7 Å². The molecule has 0 amide bonds. The number of rotatable bonds is 8. The number of benzene rings is 3. The number of halogens is 1. The highest BCUT2D eigenvalue weighted by Crippen LogP contribution is 2.32. The van der Waals surface area contributed by atoms with E-state index in [0.29, 0.717) is 30.0 Å². The van der Waals surface area contributed by atoms with E-state index in [9.17, 15) is 4.79 Å². The molecule has 4 rings (SSSR count). The molecule has 1 aromatic heterocycles. The van der Waals surface area contributed by atoms with Gasteiger partial charge in [0.1, 0.15) is 5.56 Å². The second kappa shape index (κ2) is 14.4. The molecule has 0 saturated carbocycles. The Balaban J connectivity index is 0.000000199. The summed E-state index contributed by atoms with van der Waals surface area (Å²) < 4.78 is 10.2. The van der Waals surface area contributed by atoms with E-state index >= 15 is 0 Å². The van der Waals surface area contributed by atoms with Gasteiger partial charge in [-0.2, -0.15) is 0 Å². The molecule has 35 heavy (non-hydrogen) atoms. The molecule has 0 saturated heterocycles. The first-order chi connectivity index (χ1) is 17.2. The highest BCUT2D eigenvalue weighted by Gasteiger charge is 2.16. The van der Waals surface area contributed by atoms with E-state index in [4.69, 9.17) is 9.47 Å². The molecule has 1 heterocycles. The third kappa shape index (κ3) is 7.74. The van der Waals surface area contributed by atoms with Crippen molar-refractivity contribution in [2.75, 3.05) is 13.2 Å². The second-order valence-corrected chi connectivity index (χ2v) is 10.1. The van der Waals surface area contributed by atoms with Gasteiger partial charge in [-0.25, -0.2) is 9.78 Å². The Morgan fingerprint density at radius 3 is 1.69 bits per heavy atom. The van der Waals surface area contributed by atoms with Crippen LogP contribution in [0.1, 0.15) is 29.8 Å². The van der Waals surface area contributed by atoms with E-state index in [1.54, 1.807) is 19.2 Å². The van der Waals surface area contributed by atoms with Crippen LogP contribution in [-0.2, 0) is 10.1 Å². The summed E-state index contributed by atoms with van der Waals surface area (Å²) in [6, 6.07) is 34.1. The monoisotopic (exact) mass is 549 g/mol. The summed E-state index contributed by atoms with van der Waals surface area (Å²) in [7, 11) is -0.446. The van der Waals surface area contributed by atoms with Crippen LogP contribution in [0.5, 0.6) is 5.88 Å². The predicted octanol–water partition coefficient (Wildman–Crippen LogP) is 6.00. The third-order valence-electron chi connectivity index (χ3n) is 4.88. The highest BCUT2D eigenvalue weighted by molar-refractivity contribution is 9.08. The summed E-state index contributed by atoms with van der Waals surface area (Å²) in [5, 5.41) is 4.83. The number of carbonyl (C=O) groups excluding carboxylic acids is 1. The first-order valence-corrected chi connectivity index (χ1v) is 13.9. The first-order valence-electron chi connectivity index (χ1n) is 11.5. The Kier molecular flexibility index (Phi) is 10.9. The number of aromatic nitrogens is 1. The fourth-order valence-electron chi connectivity index (χ4n) is 3.35. The zero-order valence-electron chi connectivity index (χ0n) is 19.9. The van der Waals surface area contributed by atoms with Gasteiger partial charge in [-0.3, -0.25) is 0 Å². The Hall–Kier alpha value is -3.01. The average molecular weight is 550 g/mol. The summed E-state index contributed by atoms with van der Waals surface area (Å²) in [5.74, 6) is -0.0769. The number of hydrogen-bond acceptors (Lipinski definition) is 4. The summed E-state index contributed by atoms with van der Waals surface area (Å²) >= 11 is 3.31. The van der Waals surface area contributed by atoms with Crippen molar-refractivity contribution in [3.05, 3.63) is 114 Å². The van der Waals surface area contributed by atoms with E-state index in [1.807, 2.05) is 6.92 Å². The fourth-order valence-corrected chi connectivity index (χ4v) is 5.97. The number of hydrogen-bond donors (Lipinski definition) is 0. The molecule has 0 aliphatic heterocycles. The van der Waals surface area contributed by atoms with Crippen molar-refractivity contribution in [2.24, 2.45) is 0 Å². The Bertz CT molecular complexity index is 1080. The first kappa shape index (κ1) is 26.6. The molecule has 0 aliphatic carbocycles. The van der Waals surface area contributed by atoms with Crippen molar-refractivity contribution < 1.29 is 14.3 Å². The number of alkyl halides is 1. The van der Waals surface area contributed by atoms with Crippen molar-refractivity contribution in [1.82, 2.24) is 4.98 Å². The van der Waals surface area contributed by atoms with Crippen LogP contribution < -0.4 is 20.7 Å². The van der Waals surface area contributed by atoms with E-state index in [0.717, 1.165) is 5.56 Å². The van der Waals surface area contributed by atoms with Crippen LogP contribution in [0, 0.1) is 0 Å². The molecule has 0 bridgehead atoms. The number of esters is 1. The van der Waals surface area contributed by atoms with Gasteiger partial charge in [0.15, 0.2) is 0 Å². The molecule has 0 fully saturated rings. The molecule has 6 heteroatoms. The molecule has 0 radical (unpaired) electrons. The molecular formula is C29H29BrNO3P. The number of pyridine rings is 1. The minimum Gasteiger partial charge on any atom is -0.477 e. The molecule has 4 aromatic rings. The molecule has 0 atom stereocenters. The van der Waals surface area contributed by atoms with E-state index in [1.165, 1.54) is 15.9 Å². The number of nitrogens with zero attached hydrogens (tertiary/aromatic N) is 1. The minimum absolute atomic E-state index is 0.325. The maximum absolute atomic E-state index is 11.7. The standard InChI is InChI=1S/C18H15P.C11H14BrNO3/c1-4-10-16(11-5-1)19(17-12-6-2-7-13-17)18-14-8-3-9-15-18;1-3-15-10-9(11(14)16-4-2)5-8(6-12)7-13-10/h1-15H;5,7H,3-4,6H2,1-2H3. The van der Waals surface area contributed by atoms with E-state index < -0.39 is 13.9 Å². The smallest absolute Gasteiger partial charge is 0.343 e.